The molecule has 0 saturated carbocycles. The molecule has 0 aliphatic heterocycles. The molecule has 1 aromatic heterocycles. The van der Waals surface area contributed by atoms with E-state index in [1.807, 2.05) is 30.3 Å². The lowest BCUT2D eigenvalue weighted by Gasteiger charge is -1.92. The van der Waals surface area contributed by atoms with E-state index in [4.69, 9.17) is 9.83 Å². The number of fused-ring (bicyclic) bond motifs is 1. The molecule has 0 spiro atoms. The van der Waals surface area contributed by atoms with Crippen LogP contribution < -0.4 is 5.55 Å². The van der Waals surface area contributed by atoms with Gasteiger partial charge in [0.2, 0.25) is 5.55 Å². The van der Waals surface area contributed by atoms with Crippen molar-refractivity contribution < 1.29 is 4.42 Å². The van der Waals surface area contributed by atoms with Crippen molar-refractivity contribution in [2.24, 2.45) is 0 Å². The second kappa shape index (κ2) is 2.23. The summed E-state index contributed by atoms with van der Waals surface area (Å²) in [5.41, 5.74) is 0.962. The Bertz CT molecular complexity index is 431. The lowest BCUT2D eigenvalue weighted by atomic mass is 10.2. The Morgan fingerprint density at radius 1 is 1.00 bits per heavy atom. The van der Waals surface area contributed by atoms with Gasteiger partial charge in [-0.15, -0.1) is 0 Å². The van der Waals surface area contributed by atoms with Crippen molar-refractivity contribution in [2.75, 3.05) is 0 Å². The molecule has 2 rings (SSSR count). The number of nitrogens with one attached hydrogen (secondary N) is 1. The third-order valence-electron chi connectivity index (χ3n) is 1.55. The molecule has 1 heterocycles. The fraction of sp³-hybridized carbons (Fsp3) is 0. The van der Waals surface area contributed by atoms with Crippen LogP contribution in [0.5, 0.6) is 0 Å². The quantitative estimate of drug-likeness (QED) is 0.604. The van der Waals surface area contributed by atoms with Gasteiger partial charge in [-0.05, 0) is 12.1 Å². The molecule has 0 saturated heterocycles. The molecule has 11 heavy (non-hydrogen) atoms. The first-order valence-electron chi connectivity index (χ1n) is 3.40. The molecule has 0 aliphatic rings. The van der Waals surface area contributed by atoms with E-state index in [-0.39, 0.29) is 5.55 Å². The van der Waals surface area contributed by atoms with Gasteiger partial charge in [0.15, 0.2) is 0 Å². The van der Waals surface area contributed by atoms with E-state index in [9.17, 15) is 0 Å². The van der Waals surface area contributed by atoms with Crippen LogP contribution in [0, 0.1) is 5.41 Å². The van der Waals surface area contributed by atoms with E-state index in [1.165, 1.54) is 0 Å². The highest BCUT2D eigenvalue weighted by atomic mass is 16.3. The Labute approximate surface area is 63.6 Å². The zero-order valence-corrected chi connectivity index (χ0v) is 5.87. The molecule has 2 heteroatoms. The molecule has 0 fully saturated rings. The van der Waals surface area contributed by atoms with E-state index < -0.39 is 0 Å². The van der Waals surface area contributed by atoms with Gasteiger partial charge in [0, 0.05) is 11.5 Å². The monoisotopic (exact) mass is 145 g/mol. The summed E-state index contributed by atoms with van der Waals surface area (Å²) in [5.74, 6) is 0. The van der Waals surface area contributed by atoms with E-state index in [2.05, 4.69) is 0 Å². The SMILES string of the molecule is N=c1ccc2ccccc2o1. The van der Waals surface area contributed by atoms with Gasteiger partial charge in [0.25, 0.3) is 0 Å². The summed E-state index contributed by atoms with van der Waals surface area (Å²) in [6, 6.07) is 11.2. The van der Waals surface area contributed by atoms with Crippen molar-refractivity contribution in [3.8, 4) is 0 Å². The third-order valence-corrected chi connectivity index (χ3v) is 1.55. The van der Waals surface area contributed by atoms with E-state index in [0.717, 1.165) is 11.0 Å². The van der Waals surface area contributed by atoms with Crippen molar-refractivity contribution in [1.29, 1.82) is 5.41 Å². The Kier molecular flexibility index (Phi) is 1.25. The summed E-state index contributed by atoms with van der Waals surface area (Å²) >= 11 is 0. The van der Waals surface area contributed by atoms with Gasteiger partial charge >= 0.3 is 0 Å². The molecule has 54 valence electrons. The van der Waals surface area contributed by atoms with E-state index in [1.54, 1.807) is 6.07 Å². The summed E-state index contributed by atoms with van der Waals surface area (Å²) in [7, 11) is 0. The lowest BCUT2D eigenvalue weighted by molar-refractivity contribution is 0.533. The zero-order chi connectivity index (χ0) is 7.68. The number of hydrogen-bond donors (Lipinski definition) is 1. The first-order chi connectivity index (χ1) is 5.36. The number of rotatable bonds is 0. The number of benzene rings is 1. The molecular formula is C9H7NO. The molecule has 0 radical (unpaired) electrons. The topological polar surface area (TPSA) is 37.0 Å². The smallest absolute Gasteiger partial charge is 0.211 e. The first kappa shape index (κ1) is 6.16. The van der Waals surface area contributed by atoms with Gasteiger partial charge in [0.1, 0.15) is 5.58 Å². The van der Waals surface area contributed by atoms with Crippen molar-refractivity contribution in [3.63, 3.8) is 0 Å². The normalized spacial score (nSPS) is 10.2. The van der Waals surface area contributed by atoms with E-state index >= 15 is 0 Å². The molecule has 0 amide bonds. The molecule has 1 aromatic carbocycles. The molecule has 0 unspecified atom stereocenters. The van der Waals surface area contributed by atoms with Crippen molar-refractivity contribution >= 4 is 11.0 Å². The predicted molar refractivity (Wildman–Crippen MR) is 42.1 cm³/mol. The van der Waals surface area contributed by atoms with Gasteiger partial charge < -0.3 is 4.42 Å². The van der Waals surface area contributed by atoms with Crippen LogP contribution in [0.1, 0.15) is 0 Å². The number of para-hydroxylation sites is 1. The third kappa shape index (κ3) is 1.03. The van der Waals surface area contributed by atoms with Crippen LogP contribution in [0.25, 0.3) is 11.0 Å². The summed E-state index contributed by atoms with van der Waals surface area (Å²) < 4.78 is 5.13. The molecule has 0 aliphatic carbocycles. The second-order valence-electron chi connectivity index (χ2n) is 2.34. The summed E-state index contributed by atoms with van der Waals surface area (Å²) in [6.45, 7) is 0. The maximum atomic E-state index is 7.21. The van der Waals surface area contributed by atoms with Gasteiger partial charge in [-0.2, -0.15) is 0 Å². The maximum Gasteiger partial charge on any atom is 0.211 e. The molecule has 0 bridgehead atoms. The standard InChI is InChI=1S/C9H7NO/c10-9-6-5-7-3-1-2-4-8(7)11-9/h1-6,10H. The molecule has 2 nitrogen and oxygen atoms in total. The highest BCUT2D eigenvalue weighted by molar-refractivity contribution is 5.75. The molecule has 1 N–H and O–H groups in total. The minimum absolute atomic E-state index is 0.198. The van der Waals surface area contributed by atoms with E-state index in [0.29, 0.717) is 0 Å². The van der Waals surface area contributed by atoms with Crippen LogP contribution in [0.4, 0.5) is 0 Å². The molecular weight excluding hydrogens is 138 g/mol. The predicted octanol–water partition coefficient (Wildman–Crippen LogP) is 1.91. The lowest BCUT2D eigenvalue weighted by Crippen LogP contribution is -1.93. The van der Waals surface area contributed by atoms with Crippen LogP contribution in [0.15, 0.2) is 40.8 Å². The Balaban J connectivity index is 2.94. The Hall–Kier alpha value is -1.57. The zero-order valence-electron chi connectivity index (χ0n) is 5.87. The average Bonchev–Trinajstić information content (AvgIpc) is 2.04. The summed E-state index contributed by atoms with van der Waals surface area (Å²) in [5, 5.41) is 8.24. The van der Waals surface area contributed by atoms with Crippen molar-refractivity contribution in [1.82, 2.24) is 0 Å². The van der Waals surface area contributed by atoms with Gasteiger partial charge in [-0.3, -0.25) is 5.41 Å². The average molecular weight is 145 g/mol. The van der Waals surface area contributed by atoms with Crippen LogP contribution in [0.3, 0.4) is 0 Å². The molecule has 0 atom stereocenters. The van der Waals surface area contributed by atoms with Gasteiger partial charge in [0.05, 0.1) is 0 Å². The first-order valence-corrected chi connectivity index (χ1v) is 3.40. The Morgan fingerprint density at radius 3 is 2.73 bits per heavy atom. The number of hydrogen-bond acceptors (Lipinski definition) is 2. The highest BCUT2D eigenvalue weighted by Gasteiger charge is 1.90. The second-order valence-corrected chi connectivity index (χ2v) is 2.34. The highest BCUT2D eigenvalue weighted by Crippen LogP contribution is 2.08. The molecule has 2 aromatic rings. The summed E-state index contributed by atoms with van der Waals surface area (Å²) in [4.78, 5) is 0. The fourth-order valence-corrected chi connectivity index (χ4v) is 1.03. The fourth-order valence-electron chi connectivity index (χ4n) is 1.03. The van der Waals surface area contributed by atoms with Crippen molar-refractivity contribution in [2.45, 2.75) is 0 Å². The van der Waals surface area contributed by atoms with Crippen LogP contribution in [0.2, 0.25) is 0 Å². The summed E-state index contributed by atoms with van der Waals surface area (Å²) in [6.07, 6.45) is 0. The maximum absolute atomic E-state index is 7.21. The minimum atomic E-state index is 0.198. The van der Waals surface area contributed by atoms with Crippen molar-refractivity contribution in [3.05, 3.63) is 42.0 Å². The van der Waals surface area contributed by atoms with Gasteiger partial charge in [-0.25, -0.2) is 0 Å². The van der Waals surface area contributed by atoms with Crippen LogP contribution in [-0.2, 0) is 0 Å². The van der Waals surface area contributed by atoms with Crippen LogP contribution in [-0.4, -0.2) is 0 Å². The van der Waals surface area contributed by atoms with Crippen LogP contribution >= 0.6 is 0 Å². The van der Waals surface area contributed by atoms with Gasteiger partial charge in [-0.1, -0.05) is 18.2 Å². The minimum Gasteiger partial charge on any atom is -0.439 e. The Morgan fingerprint density at radius 2 is 1.82 bits per heavy atom. The largest absolute Gasteiger partial charge is 0.439 e.